The van der Waals surface area contributed by atoms with Gasteiger partial charge in [-0.25, -0.2) is 4.39 Å². The topological polar surface area (TPSA) is 20.2 Å². The number of alkyl halides is 1. The fourth-order valence-corrected chi connectivity index (χ4v) is 1.83. The predicted molar refractivity (Wildman–Crippen MR) is 45.0 cm³/mol. The van der Waals surface area contributed by atoms with Crippen LogP contribution in [0.5, 0.6) is 0 Å². The minimum Gasteiger partial charge on any atom is -0.385 e. The number of benzene rings is 1. The zero-order valence-corrected chi connectivity index (χ0v) is 7.05. The van der Waals surface area contributed by atoms with E-state index in [0.29, 0.717) is 10.6 Å². The Hall–Kier alpha value is -0.600. The molecule has 0 amide bonds. The van der Waals surface area contributed by atoms with E-state index < -0.39 is 12.3 Å². The molecule has 1 aliphatic rings. The molecule has 0 bridgehead atoms. The van der Waals surface area contributed by atoms with Crippen LogP contribution in [0.3, 0.4) is 0 Å². The SMILES string of the molecule is O[C@H]1c2cccc(Cl)c2C[C@H]1F. The van der Waals surface area contributed by atoms with Crippen LogP contribution in [-0.2, 0) is 6.42 Å². The zero-order chi connectivity index (χ0) is 8.72. The van der Waals surface area contributed by atoms with E-state index >= 15 is 0 Å². The lowest BCUT2D eigenvalue weighted by molar-refractivity contribution is 0.0926. The van der Waals surface area contributed by atoms with Crippen LogP contribution in [0, 0.1) is 0 Å². The Balaban J connectivity index is 2.53. The van der Waals surface area contributed by atoms with Gasteiger partial charge in [0.1, 0.15) is 12.3 Å². The normalized spacial score (nSPS) is 27.2. The Morgan fingerprint density at radius 3 is 2.92 bits per heavy atom. The van der Waals surface area contributed by atoms with Gasteiger partial charge in [-0.3, -0.25) is 0 Å². The van der Waals surface area contributed by atoms with Gasteiger partial charge in [-0.2, -0.15) is 0 Å². The van der Waals surface area contributed by atoms with Gasteiger partial charge in [0, 0.05) is 11.4 Å². The van der Waals surface area contributed by atoms with Crippen molar-refractivity contribution < 1.29 is 9.50 Å². The molecule has 0 unspecified atom stereocenters. The number of hydrogen-bond donors (Lipinski definition) is 1. The lowest BCUT2D eigenvalue weighted by atomic mass is 10.1. The molecule has 2 rings (SSSR count). The molecule has 0 spiro atoms. The molecule has 1 aliphatic carbocycles. The average molecular weight is 187 g/mol. The number of aliphatic hydroxyl groups excluding tert-OH is 1. The van der Waals surface area contributed by atoms with Crippen molar-refractivity contribution in [1.82, 2.24) is 0 Å². The molecular formula is C9H8ClFO. The highest BCUT2D eigenvalue weighted by Gasteiger charge is 2.31. The highest BCUT2D eigenvalue weighted by atomic mass is 35.5. The first-order valence-electron chi connectivity index (χ1n) is 3.79. The number of rotatable bonds is 0. The summed E-state index contributed by atoms with van der Waals surface area (Å²) in [4.78, 5) is 0. The number of aliphatic hydroxyl groups is 1. The third kappa shape index (κ3) is 1.03. The van der Waals surface area contributed by atoms with Gasteiger partial charge in [0.15, 0.2) is 0 Å². The van der Waals surface area contributed by atoms with E-state index in [9.17, 15) is 9.50 Å². The van der Waals surface area contributed by atoms with Crippen LogP contribution in [0.2, 0.25) is 5.02 Å². The van der Waals surface area contributed by atoms with Crippen molar-refractivity contribution in [3.05, 3.63) is 34.3 Å². The second-order valence-corrected chi connectivity index (χ2v) is 3.38. The molecule has 0 aliphatic heterocycles. The lowest BCUT2D eigenvalue weighted by Gasteiger charge is -2.04. The van der Waals surface area contributed by atoms with Gasteiger partial charge in [-0.15, -0.1) is 0 Å². The Labute approximate surface area is 74.8 Å². The summed E-state index contributed by atoms with van der Waals surface area (Å²) < 4.78 is 13.0. The van der Waals surface area contributed by atoms with E-state index in [0.717, 1.165) is 5.56 Å². The van der Waals surface area contributed by atoms with E-state index in [4.69, 9.17) is 11.6 Å². The standard InChI is InChI=1S/C9H8ClFO/c10-7-3-1-2-5-6(7)4-8(11)9(5)12/h1-3,8-9,12H,4H2/t8-,9+/m1/s1. The molecule has 0 saturated heterocycles. The van der Waals surface area contributed by atoms with Gasteiger partial charge in [0.25, 0.3) is 0 Å². The Morgan fingerprint density at radius 1 is 1.50 bits per heavy atom. The summed E-state index contributed by atoms with van der Waals surface area (Å²) >= 11 is 5.82. The first-order valence-corrected chi connectivity index (χ1v) is 4.17. The molecule has 1 N–H and O–H groups in total. The van der Waals surface area contributed by atoms with E-state index in [2.05, 4.69) is 0 Å². The molecule has 1 nitrogen and oxygen atoms in total. The van der Waals surface area contributed by atoms with E-state index in [1.54, 1.807) is 18.2 Å². The summed E-state index contributed by atoms with van der Waals surface area (Å²) in [5.41, 5.74) is 1.38. The quantitative estimate of drug-likeness (QED) is 0.659. The van der Waals surface area contributed by atoms with Gasteiger partial charge in [0.2, 0.25) is 0 Å². The van der Waals surface area contributed by atoms with Crippen molar-refractivity contribution in [1.29, 1.82) is 0 Å². The number of hydrogen-bond acceptors (Lipinski definition) is 1. The molecule has 3 heteroatoms. The van der Waals surface area contributed by atoms with Crippen molar-refractivity contribution in [2.75, 3.05) is 0 Å². The van der Waals surface area contributed by atoms with Crippen LogP contribution in [0.25, 0.3) is 0 Å². The first-order chi connectivity index (χ1) is 5.70. The molecule has 0 saturated carbocycles. The maximum Gasteiger partial charge on any atom is 0.134 e. The fourth-order valence-electron chi connectivity index (χ4n) is 1.57. The fraction of sp³-hybridized carbons (Fsp3) is 0.333. The predicted octanol–water partition coefficient (Wildman–Crippen LogP) is 2.27. The van der Waals surface area contributed by atoms with Crippen LogP contribution < -0.4 is 0 Å². The zero-order valence-electron chi connectivity index (χ0n) is 6.30. The Kier molecular flexibility index (Phi) is 1.81. The van der Waals surface area contributed by atoms with Crippen LogP contribution in [0.4, 0.5) is 4.39 Å². The Morgan fingerprint density at radius 2 is 2.25 bits per heavy atom. The molecule has 1 aromatic rings. The van der Waals surface area contributed by atoms with Gasteiger partial charge in [-0.05, 0) is 17.2 Å². The average Bonchev–Trinajstić information content (AvgIpc) is 2.32. The van der Waals surface area contributed by atoms with Crippen molar-refractivity contribution in [3.63, 3.8) is 0 Å². The van der Waals surface area contributed by atoms with Crippen molar-refractivity contribution in [2.45, 2.75) is 18.7 Å². The maximum atomic E-state index is 13.0. The molecule has 0 fully saturated rings. The minimum absolute atomic E-state index is 0.232. The second kappa shape index (κ2) is 2.71. The van der Waals surface area contributed by atoms with Crippen LogP contribution in [0.1, 0.15) is 17.2 Å². The van der Waals surface area contributed by atoms with Crippen LogP contribution >= 0.6 is 11.6 Å². The molecule has 0 aromatic heterocycles. The largest absolute Gasteiger partial charge is 0.385 e. The maximum absolute atomic E-state index is 13.0. The minimum atomic E-state index is -1.19. The molecular weight excluding hydrogens is 179 g/mol. The Bertz CT molecular complexity index is 313. The summed E-state index contributed by atoms with van der Waals surface area (Å²) in [6.45, 7) is 0. The number of fused-ring (bicyclic) bond motifs is 1. The van der Waals surface area contributed by atoms with E-state index in [-0.39, 0.29) is 6.42 Å². The van der Waals surface area contributed by atoms with Crippen LogP contribution in [0.15, 0.2) is 18.2 Å². The van der Waals surface area contributed by atoms with Gasteiger partial charge in [-0.1, -0.05) is 23.7 Å². The number of halogens is 2. The van der Waals surface area contributed by atoms with E-state index in [1.165, 1.54) is 0 Å². The smallest absolute Gasteiger partial charge is 0.134 e. The molecule has 64 valence electrons. The van der Waals surface area contributed by atoms with E-state index in [1.807, 2.05) is 0 Å². The highest BCUT2D eigenvalue weighted by Crippen LogP contribution is 2.36. The summed E-state index contributed by atoms with van der Waals surface area (Å²) in [6, 6.07) is 5.15. The first kappa shape index (κ1) is 8.02. The van der Waals surface area contributed by atoms with Crippen molar-refractivity contribution >= 4 is 11.6 Å². The highest BCUT2D eigenvalue weighted by molar-refractivity contribution is 6.31. The summed E-state index contributed by atoms with van der Waals surface area (Å²) in [5, 5.41) is 9.89. The summed E-state index contributed by atoms with van der Waals surface area (Å²) in [5.74, 6) is 0. The van der Waals surface area contributed by atoms with Gasteiger partial charge in [0.05, 0.1) is 0 Å². The molecule has 0 radical (unpaired) electrons. The van der Waals surface area contributed by atoms with Gasteiger partial charge >= 0.3 is 0 Å². The van der Waals surface area contributed by atoms with Crippen molar-refractivity contribution in [3.8, 4) is 0 Å². The third-order valence-corrected chi connectivity index (χ3v) is 2.57. The molecule has 12 heavy (non-hydrogen) atoms. The third-order valence-electron chi connectivity index (χ3n) is 2.22. The van der Waals surface area contributed by atoms with Gasteiger partial charge < -0.3 is 5.11 Å². The monoisotopic (exact) mass is 186 g/mol. The second-order valence-electron chi connectivity index (χ2n) is 2.97. The van der Waals surface area contributed by atoms with Crippen molar-refractivity contribution in [2.24, 2.45) is 0 Å². The summed E-state index contributed by atoms with van der Waals surface area (Å²) in [6.07, 6.45) is -1.95. The summed E-state index contributed by atoms with van der Waals surface area (Å²) in [7, 11) is 0. The molecule has 1 aromatic carbocycles. The molecule has 0 heterocycles. The lowest BCUT2D eigenvalue weighted by Crippen LogP contribution is -2.05. The van der Waals surface area contributed by atoms with Crippen LogP contribution in [-0.4, -0.2) is 11.3 Å². The molecule has 2 atom stereocenters.